The van der Waals surface area contributed by atoms with Crippen LogP contribution in [0.15, 0.2) is 4.99 Å². The largest absolute Gasteiger partial charge is 0.348 e. The number of thioether (sulfide) groups is 1. The highest BCUT2D eigenvalue weighted by molar-refractivity contribution is 8.14. The minimum atomic E-state index is -0.810. The van der Waals surface area contributed by atoms with Gasteiger partial charge in [-0.3, -0.25) is 9.79 Å². The Bertz CT molecular complexity index is 421. The standard InChI is InChI=1S/C12H17Cl2N3OS/c1-8-7-15-11(19-8)17-4-2-16(3-5-17)10(18)9-6-12(9,13)14/h8-9H,2-7H2,1H3/t8-,9-/m0/s1. The number of hydrogen-bond acceptors (Lipinski definition) is 4. The number of aliphatic imine (C=N–C) groups is 1. The Morgan fingerprint density at radius 3 is 2.47 bits per heavy atom. The molecule has 0 unspecified atom stereocenters. The van der Waals surface area contributed by atoms with E-state index in [0.717, 1.165) is 37.9 Å². The molecule has 0 spiro atoms. The zero-order chi connectivity index (χ0) is 13.6. The summed E-state index contributed by atoms with van der Waals surface area (Å²) in [4.78, 5) is 20.9. The third-order valence-corrected chi connectivity index (χ3v) is 5.76. The fourth-order valence-electron chi connectivity index (χ4n) is 2.46. The second kappa shape index (κ2) is 5.01. The molecule has 1 saturated carbocycles. The lowest BCUT2D eigenvalue weighted by Crippen LogP contribution is -2.50. The van der Waals surface area contributed by atoms with Gasteiger partial charge in [0.1, 0.15) is 4.33 Å². The van der Waals surface area contributed by atoms with Crippen LogP contribution in [-0.4, -0.2) is 63.2 Å². The molecule has 4 nitrogen and oxygen atoms in total. The van der Waals surface area contributed by atoms with Crippen molar-refractivity contribution in [3.63, 3.8) is 0 Å². The lowest BCUT2D eigenvalue weighted by molar-refractivity contribution is -0.133. The van der Waals surface area contributed by atoms with E-state index in [1.54, 1.807) is 0 Å². The van der Waals surface area contributed by atoms with Crippen molar-refractivity contribution in [2.75, 3.05) is 32.7 Å². The summed E-state index contributed by atoms with van der Waals surface area (Å²) in [6.45, 7) is 6.29. The molecule has 3 rings (SSSR count). The maximum atomic E-state index is 12.2. The van der Waals surface area contributed by atoms with Gasteiger partial charge in [-0.05, 0) is 6.42 Å². The molecule has 0 aromatic carbocycles. The minimum absolute atomic E-state index is 0.110. The molecule has 2 atom stereocenters. The quantitative estimate of drug-likeness (QED) is 0.691. The maximum Gasteiger partial charge on any atom is 0.228 e. The number of nitrogens with zero attached hydrogens (tertiary/aromatic N) is 3. The molecule has 2 aliphatic heterocycles. The fraction of sp³-hybridized carbons (Fsp3) is 0.833. The normalized spacial score (nSPS) is 33.3. The molecule has 3 aliphatic rings. The molecule has 2 fully saturated rings. The summed E-state index contributed by atoms with van der Waals surface area (Å²) in [5.74, 6) is -0.0837. The summed E-state index contributed by atoms with van der Waals surface area (Å²) in [7, 11) is 0. The van der Waals surface area contributed by atoms with Crippen LogP contribution in [0.5, 0.6) is 0 Å². The Hall–Kier alpha value is -0.130. The maximum absolute atomic E-state index is 12.2. The second-order valence-corrected chi connectivity index (χ2v) is 8.33. The van der Waals surface area contributed by atoms with Crippen LogP contribution in [0.1, 0.15) is 13.3 Å². The highest BCUT2D eigenvalue weighted by Gasteiger charge is 2.57. The van der Waals surface area contributed by atoms with Crippen molar-refractivity contribution in [2.24, 2.45) is 10.9 Å². The summed E-state index contributed by atoms with van der Waals surface area (Å²) < 4.78 is -0.810. The molecule has 1 saturated heterocycles. The molecule has 0 N–H and O–H groups in total. The van der Waals surface area contributed by atoms with Gasteiger partial charge in [0.05, 0.1) is 12.5 Å². The summed E-state index contributed by atoms with van der Waals surface area (Å²) in [6, 6.07) is 0. The Morgan fingerprint density at radius 1 is 1.37 bits per heavy atom. The van der Waals surface area contributed by atoms with Crippen molar-refractivity contribution < 1.29 is 4.79 Å². The smallest absolute Gasteiger partial charge is 0.228 e. The average Bonchev–Trinajstić information content (AvgIpc) is 2.82. The molecule has 1 amide bonds. The number of alkyl halides is 2. The Kier molecular flexibility index (Phi) is 3.65. The molecular formula is C12H17Cl2N3OS. The van der Waals surface area contributed by atoms with Gasteiger partial charge in [-0.1, -0.05) is 18.7 Å². The molecule has 106 valence electrons. The van der Waals surface area contributed by atoms with Crippen molar-refractivity contribution in [1.82, 2.24) is 9.80 Å². The van der Waals surface area contributed by atoms with Gasteiger partial charge in [-0.2, -0.15) is 0 Å². The topological polar surface area (TPSA) is 35.9 Å². The van der Waals surface area contributed by atoms with Crippen LogP contribution in [0.2, 0.25) is 0 Å². The van der Waals surface area contributed by atoms with Crippen LogP contribution in [0.4, 0.5) is 0 Å². The van der Waals surface area contributed by atoms with Crippen LogP contribution in [0.25, 0.3) is 0 Å². The van der Waals surface area contributed by atoms with Crippen molar-refractivity contribution in [2.45, 2.75) is 22.9 Å². The molecule has 1 aliphatic carbocycles. The third kappa shape index (κ3) is 2.83. The van der Waals surface area contributed by atoms with Gasteiger partial charge in [-0.25, -0.2) is 0 Å². The molecule has 0 aromatic rings. The number of carbonyl (C=O) groups excluding carboxylic acids is 1. The van der Waals surface area contributed by atoms with Gasteiger partial charge in [0, 0.05) is 31.4 Å². The van der Waals surface area contributed by atoms with Crippen LogP contribution in [0.3, 0.4) is 0 Å². The van der Waals surface area contributed by atoms with Crippen LogP contribution in [-0.2, 0) is 4.79 Å². The number of piperazine rings is 1. The third-order valence-electron chi connectivity index (χ3n) is 3.78. The first-order valence-electron chi connectivity index (χ1n) is 6.60. The van der Waals surface area contributed by atoms with E-state index < -0.39 is 4.33 Å². The van der Waals surface area contributed by atoms with Gasteiger partial charge < -0.3 is 9.80 Å². The molecule has 7 heteroatoms. The fourth-order valence-corrected chi connectivity index (χ4v) is 3.94. The van der Waals surface area contributed by atoms with Crippen LogP contribution < -0.4 is 0 Å². The van der Waals surface area contributed by atoms with E-state index in [2.05, 4.69) is 16.8 Å². The van der Waals surface area contributed by atoms with Crippen molar-refractivity contribution in [1.29, 1.82) is 0 Å². The van der Waals surface area contributed by atoms with Crippen molar-refractivity contribution >= 4 is 46.0 Å². The molecule has 0 aromatic heterocycles. The number of carbonyl (C=O) groups is 1. The van der Waals surface area contributed by atoms with Gasteiger partial charge in [0.2, 0.25) is 5.91 Å². The molecule has 0 bridgehead atoms. The molecule has 19 heavy (non-hydrogen) atoms. The van der Waals surface area contributed by atoms with Crippen LogP contribution >= 0.6 is 35.0 Å². The van der Waals surface area contributed by atoms with Gasteiger partial charge in [-0.15, -0.1) is 23.2 Å². The number of hydrogen-bond donors (Lipinski definition) is 0. The zero-order valence-electron chi connectivity index (χ0n) is 10.8. The monoisotopic (exact) mass is 321 g/mol. The molecular weight excluding hydrogens is 305 g/mol. The first-order valence-corrected chi connectivity index (χ1v) is 8.23. The number of halogens is 2. The van der Waals surface area contributed by atoms with Crippen LogP contribution in [0, 0.1) is 5.92 Å². The van der Waals surface area contributed by atoms with E-state index in [4.69, 9.17) is 23.2 Å². The predicted molar refractivity (Wildman–Crippen MR) is 80.1 cm³/mol. The Morgan fingerprint density at radius 2 is 2.00 bits per heavy atom. The van der Waals surface area contributed by atoms with Gasteiger partial charge in [0.15, 0.2) is 5.17 Å². The minimum Gasteiger partial charge on any atom is -0.348 e. The highest BCUT2D eigenvalue weighted by atomic mass is 35.5. The zero-order valence-corrected chi connectivity index (χ0v) is 13.1. The highest BCUT2D eigenvalue weighted by Crippen LogP contribution is 2.53. The number of rotatable bonds is 1. The van der Waals surface area contributed by atoms with E-state index in [1.165, 1.54) is 0 Å². The van der Waals surface area contributed by atoms with Crippen molar-refractivity contribution in [3.05, 3.63) is 0 Å². The Labute approximate surface area is 127 Å². The van der Waals surface area contributed by atoms with E-state index in [-0.39, 0.29) is 11.8 Å². The Balaban J connectivity index is 1.51. The van der Waals surface area contributed by atoms with E-state index >= 15 is 0 Å². The number of amidine groups is 1. The molecule has 2 heterocycles. The SMILES string of the molecule is C[C@H]1CN=C(N2CCN(C(=O)[C@@H]3CC3(Cl)Cl)CC2)S1. The lowest BCUT2D eigenvalue weighted by Gasteiger charge is -2.35. The van der Waals surface area contributed by atoms with E-state index in [9.17, 15) is 4.79 Å². The summed E-state index contributed by atoms with van der Waals surface area (Å²) in [5, 5.41) is 1.71. The second-order valence-electron chi connectivity index (χ2n) is 5.38. The summed E-state index contributed by atoms with van der Waals surface area (Å²) >= 11 is 13.7. The average molecular weight is 322 g/mol. The van der Waals surface area contributed by atoms with Gasteiger partial charge >= 0.3 is 0 Å². The number of amides is 1. The first-order chi connectivity index (χ1) is 8.97. The summed E-state index contributed by atoms with van der Waals surface area (Å²) in [6.07, 6.45) is 0.592. The van der Waals surface area contributed by atoms with E-state index in [1.807, 2.05) is 16.7 Å². The van der Waals surface area contributed by atoms with Gasteiger partial charge in [0.25, 0.3) is 0 Å². The first kappa shape index (κ1) is 13.8. The molecule has 0 radical (unpaired) electrons. The van der Waals surface area contributed by atoms with Crippen molar-refractivity contribution in [3.8, 4) is 0 Å². The lowest BCUT2D eigenvalue weighted by atomic mass is 10.3. The summed E-state index contributed by atoms with van der Waals surface area (Å²) in [5.41, 5.74) is 0. The predicted octanol–water partition coefficient (Wildman–Crippen LogP) is 1.82. The van der Waals surface area contributed by atoms with E-state index in [0.29, 0.717) is 11.7 Å².